The first-order chi connectivity index (χ1) is 13.7. The second-order valence-electron chi connectivity index (χ2n) is 6.63. The highest BCUT2D eigenvalue weighted by Gasteiger charge is 2.16. The summed E-state index contributed by atoms with van der Waals surface area (Å²) in [5, 5.41) is 14.1. The minimum absolute atomic E-state index is 0.0665. The van der Waals surface area contributed by atoms with Gasteiger partial charge < -0.3 is 4.98 Å². The molecule has 0 amide bonds. The van der Waals surface area contributed by atoms with Crippen molar-refractivity contribution in [3.05, 3.63) is 95.2 Å². The lowest BCUT2D eigenvalue weighted by Crippen LogP contribution is -1.91. The Hall–Kier alpha value is -3.99. The maximum Gasteiger partial charge on any atom is 0.270 e. The number of nitrogens with one attached hydrogen (secondary N) is 1. The van der Waals surface area contributed by atoms with Crippen LogP contribution in [0.2, 0.25) is 0 Å². The molecule has 0 aliphatic carbocycles. The van der Waals surface area contributed by atoms with Crippen LogP contribution >= 0.6 is 0 Å². The molecule has 0 radical (unpaired) electrons. The van der Waals surface area contributed by atoms with E-state index in [2.05, 4.69) is 17.1 Å². The van der Waals surface area contributed by atoms with Gasteiger partial charge in [-0.05, 0) is 17.5 Å². The van der Waals surface area contributed by atoms with Crippen molar-refractivity contribution in [2.45, 2.75) is 0 Å². The van der Waals surface area contributed by atoms with E-state index in [0.29, 0.717) is 0 Å². The van der Waals surface area contributed by atoms with Gasteiger partial charge in [0.2, 0.25) is 0 Å². The Balaban J connectivity index is 1.82. The topological polar surface area (TPSA) is 71.8 Å². The summed E-state index contributed by atoms with van der Waals surface area (Å²) >= 11 is 0. The number of rotatable bonds is 3. The molecule has 134 valence electrons. The molecule has 0 spiro atoms. The third-order valence-corrected chi connectivity index (χ3v) is 4.94. The fourth-order valence-electron chi connectivity index (χ4n) is 3.58. The van der Waals surface area contributed by atoms with Crippen LogP contribution in [0.1, 0.15) is 0 Å². The van der Waals surface area contributed by atoms with E-state index in [0.717, 1.165) is 44.2 Å². The van der Waals surface area contributed by atoms with E-state index in [9.17, 15) is 10.1 Å². The molecule has 2 heterocycles. The maximum absolute atomic E-state index is 11.2. The maximum atomic E-state index is 11.2. The number of aromatic nitrogens is 2. The summed E-state index contributed by atoms with van der Waals surface area (Å²) in [5.41, 5.74) is 4.47. The van der Waals surface area contributed by atoms with Crippen molar-refractivity contribution in [2.24, 2.45) is 0 Å². The highest BCUT2D eigenvalue weighted by Crippen LogP contribution is 2.36. The predicted molar refractivity (Wildman–Crippen MR) is 111 cm³/mol. The zero-order valence-corrected chi connectivity index (χ0v) is 14.8. The summed E-state index contributed by atoms with van der Waals surface area (Å²) in [6, 6.07) is 25.0. The van der Waals surface area contributed by atoms with Crippen LogP contribution in [0, 0.1) is 10.1 Å². The van der Waals surface area contributed by atoms with Gasteiger partial charge in [0.1, 0.15) is 0 Å². The smallest absolute Gasteiger partial charge is 0.270 e. The molecule has 0 unspecified atom stereocenters. The molecule has 5 aromatic rings. The number of pyridine rings is 1. The quantitative estimate of drug-likeness (QED) is 0.317. The zero-order valence-electron chi connectivity index (χ0n) is 14.8. The number of nitrogens with zero attached hydrogens (tertiary/aromatic N) is 2. The monoisotopic (exact) mass is 365 g/mol. The fraction of sp³-hybridized carbons (Fsp3) is 0. The number of hydrogen-bond acceptors (Lipinski definition) is 3. The van der Waals surface area contributed by atoms with Crippen molar-refractivity contribution in [2.75, 3.05) is 0 Å². The predicted octanol–water partition coefficient (Wildman–Crippen LogP) is 5.96. The molecule has 0 fully saturated rings. The van der Waals surface area contributed by atoms with E-state index >= 15 is 0 Å². The van der Waals surface area contributed by atoms with Gasteiger partial charge in [-0.2, -0.15) is 0 Å². The second-order valence-corrected chi connectivity index (χ2v) is 6.63. The van der Waals surface area contributed by atoms with Gasteiger partial charge >= 0.3 is 0 Å². The van der Waals surface area contributed by atoms with Crippen LogP contribution in [-0.2, 0) is 0 Å². The van der Waals surface area contributed by atoms with Crippen molar-refractivity contribution in [1.82, 2.24) is 9.97 Å². The minimum Gasteiger partial charge on any atom is -0.360 e. The van der Waals surface area contributed by atoms with E-state index in [-0.39, 0.29) is 10.6 Å². The third kappa shape index (κ3) is 2.61. The average Bonchev–Trinajstić information content (AvgIpc) is 3.16. The fourth-order valence-corrected chi connectivity index (χ4v) is 3.58. The van der Waals surface area contributed by atoms with Crippen molar-refractivity contribution in [3.63, 3.8) is 0 Å². The van der Waals surface area contributed by atoms with Crippen LogP contribution in [0.25, 0.3) is 44.2 Å². The van der Waals surface area contributed by atoms with E-state index in [1.54, 1.807) is 12.1 Å². The molecule has 0 aliphatic heterocycles. The first-order valence-electron chi connectivity index (χ1n) is 8.92. The molecule has 28 heavy (non-hydrogen) atoms. The lowest BCUT2D eigenvalue weighted by molar-refractivity contribution is -0.384. The van der Waals surface area contributed by atoms with Gasteiger partial charge in [0.15, 0.2) is 0 Å². The molecule has 3 aromatic carbocycles. The number of aromatic amines is 1. The zero-order chi connectivity index (χ0) is 19.1. The molecule has 5 nitrogen and oxygen atoms in total. The van der Waals surface area contributed by atoms with Crippen molar-refractivity contribution in [1.29, 1.82) is 0 Å². The first kappa shape index (κ1) is 16.2. The molecule has 0 saturated heterocycles. The number of fused-ring (bicyclic) bond motifs is 2. The Bertz CT molecular complexity index is 1340. The van der Waals surface area contributed by atoms with Crippen LogP contribution in [0.5, 0.6) is 0 Å². The molecule has 5 heteroatoms. The van der Waals surface area contributed by atoms with Gasteiger partial charge in [-0.1, -0.05) is 54.6 Å². The number of nitro benzene ring substituents is 1. The molecule has 5 rings (SSSR count). The highest BCUT2D eigenvalue weighted by atomic mass is 16.6. The first-order valence-corrected chi connectivity index (χ1v) is 8.92. The van der Waals surface area contributed by atoms with E-state index in [4.69, 9.17) is 4.98 Å². The van der Waals surface area contributed by atoms with Crippen LogP contribution in [-0.4, -0.2) is 14.9 Å². The van der Waals surface area contributed by atoms with E-state index in [1.165, 1.54) is 6.07 Å². The molecule has 1 N–H and O–H groups in total. The Morgan fingerprint density at radius 2 is 1.64 bits per heavy atom. The number of benzene rings is 3. The Labute approximate surface area is 160 Å². The molecular weight excluding hydrogens is 350 g/mol. The van der Waals surface area contributed by atoms with E-state index < -0.39 is 0 Å². The van der Waals surface area contributed by atoms with Crippen LogP contribution in [0.4, 0.5) is 5.69 Å². The molecule has 0 bridgehead atoms. The van der Waals surface area contributed by atoms with Crippen LogP contribution in [0.3, 0.4) is 0 Å². The van der Waals surface area contributed by atoms with Crippen LogP contribution in [0.15, 0.2) is 85.1 Å². The summed E-state index contributed by atoms with van der Waals surface area (Å²) in [4.78, 5) is 19.0. The van der Waals surface area contributed by atoms with Gasteiger partial charge in [0, 0.05) is 45.7 Å². The third-order valence-electron chi connectivity index (χ3n) is 4.94. The highest BCUT2D eigenvalue weighted by molar-refractivity contribution is 6.05. The van der Waals surface area contributed by atoms with Gasteiger partial charge in [0.05, 0.1) is 16.3 Å². The molecule has 0 aliphatic rings. The largest absolute Gasteiger partial charge is 0.360 e. The van der Waals surface area contributed by atoms with Crippen molar-refractivity contribution in [3.8, 4) is 22.5 Å². The molecular formula is C23H15N3O2. The molecule has 2 aromatic heterocycles. The van der Waals surface area contributed by atoms with Gasteiger partial charge in [0.25, 0.3) is 5.69 Å². The summed E-state index contributed by atoms with van der Waals surface area (Å²) in [6.07, 6.45) is 1.87. The lowest BCUT2D eigenvalue weighted by Gasteiger charge is -2.09. The normalized spacial score (nSPS) is 11.1. The summed E-state index contributed by atoms with van der Waals surface area (Å²) < 4.78 is 0. The summed E-state index contributed by atoms with van der Waals surface area (Å²) in [6.45, 7) is 0. The number of H-pyrrole nitrogens is 1. The Kier molecular flexibility index (Phi) is 3.66. The Morgan fingerprint density at radius 1 is 0.857 bits per heavy atom. The summed E-state index contributed by atoms with van der Waals surface area (Å²) in [7, 11) is 0. The number of nitro groups is 1. The van der Waals surface area contributed by atoms with Gasteiger partial charge in [-0.25, -0.2) is 4.98 Å². The number of hydrogen-bond donors (Lipinski definition) is 1. The summed E-state index contributed by atoms with van der Waals surface area (Å²) in [5.74, 6) is 0. The Morgan fingerprint density at radius 3 is 2.46 bits per heavy atom. The minimum atomic E-state index is -0.373. The molecule has 0 saturated carbocycles. The van der Waals surface area contributed by atoms with E-state index in [1.807, 2.05) is 54.7 Å². The van der Waals surface area contributed by atoms with Crippen molar-refractivity contribution < 1.29 is 4.92 Å². The average molecular weight is 365 g/mol. The lowest BCUT2D eigenvalue weighted by atomic mass is 10.0. The van der Waals surface area contributed by atoms with Crippen molar-refractivity contribution >= 4 is 27.4 Å². The van der Waals surface area contributed by atoms with Gasteiger partial charge in [-0.3, -0.25) is 10.1 Å². The molecule has 0 atom stereocenters. The standard InChI is InChI=1S/C23H15N3O2/c27-26(28)17-10-11-21-19(13-17)20(14-24-21)23-18-9-5-4-8-16(18)12-22(25-23)15-6-2-1-3-7-15/h1-14,24H. The number of non-ortho nitro benzene ring substituents is 1. The SMILES string of the molecule is O=[N+]([O-])c1ccc2[nH]cc(-c3nc(-c4ccccc4)cc4ccccc34)c2c1. The van der Waals surface area contributed by atoms with Crippen LogP contribution < -0.4 is 0 Å². The van der Waals surface area contributed by atoms with Gasteiger partial charge in [-0.15, -0.1) is 0 Å². The second kappa shape index (κ2) is 6.32.